The summed E-state index contributed by atoms with van der Waals surface area (Å²) < 4.78 is 8.56. The molecule has 15 heavy (non-hydrogen) atoms. The fourth-order valence-corrected chi connectivity index (χ4v) is 0.752. The van der Waals surface area contributed by atoms with Gasteiger partial charge < -0.3 is 9.47 Å². The van der Waals surface area contributed by atoms with E-state index in [1.165, 1.54) is 0 Å². The molecule has 0 aliphatic carbocycles. The molecule has 0 unspecified atom stereocenters. The maximum atomic E-state index is 11.2. The van der Waals surface area contributed by atoms with Crippen LogP contribution in [0.15, 0.2) is 5.10 Å². The molecule has 0 saturated heterocycles. The maximum Gasteiger partial charge on any atom is 0.440 e. The number of hydrazone groups is 1. The van der Waals surface area contributed by atoms with E-state index in [4.69, 9.17) is 23.2 Å². The highest BCUT2D eigenvalue weighted by Crippen LogP contribution is 2.03. The topological polar surface area (TPSA) is 68.2 Å². The van der Waals surface area contributed by atoms with Gasteiger partial charge in [-0.1, -0.05) is 5.01 Å². The zero-order valence-electron chi connectivity index (χ0n) is 8.20. The lowest BCUT2D eigenvalue weighted by Crippen LogP contribution is -2.33. The molecule has 0 saturated carbocycles. The highest BCUT2D eigenvalue weighted by molar-refractivity contribution is 6.95. The van der Waals surface area contributed by atoms with E-state index in [1.807, 2.05) is 0 Å². The van der Waals surface area contributed by atoms with Crippen LogP contribution in [0.2, 0.25) is 0 Å². The molecular weight excluding hydrogens is 247 g/mol. The number of amides is 2. The summed E-state index contributed by atoms with van der Waals surface area (Å²) in [6, 6.07) is 0. The minimum Gasteiger partial charge on any atom is -0.448 e. The van der Waals surface area contributed by atoms with Crippen LogP contribution in [0.4, 0.5) is 9.59 Å². The van der Waals surface area contributed by atoms with Crippen molar-refractivity contribution >= 4 is 40.0 Å². The molecule has 0 radical (unpaired) electrons. The van der Waals surface area contributed by atoms with Gasteiger partial charge in [0.05, 0.1) is 13.2 Å². The molecule has 2 amide bonds. The molecule has 6 nitrogen and oxygen atoms in total. The molecule has 0 aromatic rings. The number of imide groups is 1. The van der Waals surface area contributed by atoms with E-state index >= 15 is 0 Å². The Kier molecular flexibility index (Phi) is 6.81. The minimum atomic E-state index is -1.00. The second-order valence-corrected chi connectivity index (χ2v) is 2.96. The molecule has 0 bridgehead atoms. The monoisotopic (exact) mass is 256 g/mol. The van der Waals surface area contributed by atoms with Gasteiger partial charge in [0.2, 0.25) is 4.63 Å². The molecule has 0 spiro atoms. The van der Waals surface area contributed by atoms with Gasteiger partial charge in [-0.25, -0.2) is 9.59 Å². The van der Waals surface area contributed by atoms with Gasteiger partial charge in [-0.2, -0.15) is 0 Å². The largest absolute Gasteiger partial charge is 0.448 e. The lowest BCUT2D eigenvalue weighted by molar-refractivity contribution is 0.0826. The van der Waals surface area contributed by atoms with Crippen LogP contribution in [0, 0.1) is 0 Å². The smallest absolute Gasteiger partial charge is 0.440 e. The molecule has 0 fully saturated rings. The summed E-state index contributed by atoms with van der Waals surface area (Å²) in [6.07, 6.45) is -2.01. The van der Waals surface area contributed by atoms with E-state index < -0.39 is 16.8 Å². The maximum absolute atomic E-state index is 11.2. The number of hydrogen-bond donors (Lipinski definition) is 0. The fourth-order valence-electron chi connectivity index (χ4n) is 0.601. The third kappa shape index (κ3) is 5.44. The first-order chi connectivity index (χ1) is 7.02. The predicted molar refractivity (Wildman–Crippen MR) is 55.0 cm³/mol. The first-order valence-electron chi connectivity index (χ1n) is 4.06. The first kappa shape index (κ1) is 14.0. The molecule has 0 aromatic carbocycles. The molecule has 0 aliphatic heterocycles. The van der Waals surface area contributed by atoms with Crippen molar-refractivity contribution in [2.45, 2.75) is 13.8 Å². The Hall–Kier alpha value is -1.01. The Labute approximate surface area is 96.7 Å². The molecule has 0 rings (SSSR count). The summed E-state index contributed by atoms with van der Waals surface area (Å²) in [5.41, 5.74) is 0. The second-order valence-electron chi connectivity index (χ2n) is 2.05. The van der Waals surface area contributed by atoms with E-state index in [0.29, 0.717) is 5.01 Å². The lowest BCUT2D eigenvalue weighted by atomic mass is 10.8. The molecule has 86 valence electrons. The number of carbonyl (C=O) groups excluding carboxylic acids is 2. The standard InChI is InChI=1S/C7H10Cl2N2O4/c1-3-14-6(12)11(10-5(8)9)7(13)15-4-2/h3-4H2,1-2H3. The number of hydrogen-bond acceptors (Lipinski definition) is 5. The van der Waals surface area contributed by atoms with E-state index in [0.717, 1.165) is 0 Å². The number of halogens is 2. The molecule has 8 heteroatoms. The van der Waals surface area contributed by atoms with Crippen LogP contribution in [0.1, 0.15) is 13.8 Å². The normalized spacial score (nSPS) is 9.07. The van der Waals surface area contributed by atoms with Crippen LogP contribution in [0.25, 0.3) is 0 Å². The summed E-state index contributed by atoms with van der Waals surface area (Å²) in [5, 5.41) is 3.55. The second kappa shape index (κ2) is 7.30. The van der Waals surface area contributed by atoms with Gasteiger partial charge in [-0.3, -0.25) is 0 Å². The molecule has 0 aromatic heterocycles. The van der Waals surface area contributed by atoms with Crippen molar-refractivity contribution in [1.29, 1.82) is 0 Å². The Morgan fingerprint density at radius 2 is 1.53 bits per heavy atom. The van der Waals surface area contributed by atoms with Crippen LogP contribution in [0.5, 0.6) is 0 Å². The van der Waals surface area contributed by atoms with E-state index in [-0.39, 0.29) is 13.2 Å². The van der Waals surface area contributed by atoms with Crippen molar-refractivity contribution < 1.29 is 19.1 Å². The number of nitrogens with zero attached hydrogens (tertiary/aromatic N) is 2. The minimum absolute atomic E-state index is 0.0875. The van der Waals surface area contributed by atoms with Crippen LogP contribution < -0.4 is 0 Å². The van der Waals surface area contributed by atoms with Gasteiger partial charge in [0.1, 0.15) is 0 Å². The molecule has 0 heterocycles. The van der Waals surface area contributed by atoms with Gasteiger partial charge in [0.25, 0.3) is 0 Å². The van der Waals surface area contributed by atoms with Crippen molar-refractivity contribution in [1.82, 2.24) is 5.01 Å². The zero-order chi connectivity index (χ0) is 11.8. The van der Waals surface area contributed by atoms with Crippen molar-refractivity contribution in [2.24, 2.45) is 5.10 Å². The fraction of sp³-hybridized carbons (Fsp3) is 0.571. The summed E-state index contributed by atoms with van der Waals surface area (Å²) in [7, 11) is 0. The lowest BCUT2D eigenvalue weighted by Gasteiger charge is -2.13. The zero-order valence-corrected chi connectivity index (χ0v) is 9.71. The van der Waals surface area contributed by atoms with Gasteiger partial charge in [0, 0.05) is 0 Å². The van der Waals surface area contributed by atoms with E-state index in [2.05, 4.69) is 14.6 Å². The van der Waals surface area contributed by atoms with Crippen molar-refractivity contribution in [3.8, 4) is 0 Å². The van der Waals surface area contributed by atoms with Crippen LogP contribution in [-0.2, 0) is 9.47 Å². The average Bonchev–Trinajstić information content (AvgIpc) is 2.14. The van der Waals surface area contributed by atoms with E-state index in [1.54, 1.807) is 13.8 Å². The summed E-state index contributed by atoms with van der Waals surface area (Å²) >= 11 is 10.4. The molecule has 0 atom stereocenters. The summed E-state index contributed by atoms with van der Waals surface area (Å²) in [6.45, 7) is 3.33. The number of carbonyl (C=O) groups is 2. The van der Waals surface area contributed by atoms with Crippen LogP contribution in [0.3, 0.4) is 0 Å². The van der Waals surface area contributed by atoms with Crippen molar-refractivity contribution in [3.05, 3.63) is 0 Å². The highest BCUT2D eigenvalue weighted by Gasteiger charge is 2.24. The van der Waals surface area contributed by atoms with Gasteiger partial charge in [-0.05, 0) is 37.0 Å². The van der Waals surface area contributed by atoms with Crippen molar-refractivity contribution in [3.63, 3.8) is 0 Å². The average molecular weight is 257 g/mol. The predicted octanol–water partition coefficient (Wildman–Crippen LogP) is 2.35. The molecule has 0 N–H and O–H groups in total. The van der Waals surface area contributed by atoms with Crippen molar-refractivity contribution in [2.75, 3.05) is 13.2 Å². The number of ether oxygens (including phenoxy) is 2. The van der Waals surface area contributed by atoms with Crippen LogP contribution in [-0.4, -0.2) is 35.0 Å². The Morgan fingerprint density at radius 1 is 1.13 bits per heavy atom. The third-order valence-corrected chi connectivity index (χ3v) is 1.21. The molecule has 0 aliphatic rings. The SMILES string of the molecule is CCOC(=O)N(N=C(Cl)Cl)C(=O)OCC. The Bertz CT molecular complexity index is 248. The van der Waals surface area contributed by atoms with E-state index in [9.17, 15) is 9.59 Å². The highest BCUT2D eigenvalue weighted by atomic mass is 35.5. The van der Waals surface area contributed by atoms with Gasteiger partial charge in [-0.15, -0.1) is 5.10 Å². The molecular formula is C7H10Cl2N2O4. The Balaban J connectivity index is 4.65. The van der Waals surface area contributed by atoms with Crippen LogP contribution >= 0.6 is 23.2 Å². The summed E-state index contributed by atoms with van der Waals surface area (Å²) in [5.74, 6) is 0. The number of rotatable bonds is 3. The summed E-state index contributed by atoms with van der Waals surface area (Å²) in [4.78, 5) is 22.3. The first-order valence-corrected chi connectivity index (χ1v) is 4.81. The quantitative estimate of drug-likeness (QED) is 0.574. The van der Waals surface area contributed by atoms with Gasteiger partial charge >= 0.3 is 12.2 Å². The van der Waals surface area contributed by atoms with Gasteiger partial charge in [0.15, 0.2) is 0 Å². The third-order valence-electron chi connectivity index (χ3n) is 1.06. The Morgan fingerprint density at radius 3 is 1.80 bits per heavy atom.